The molecule has 0 unspecified atom stereocenters. The lowest BCUT2D eigenvalue weighted by Gasteiger charge is -2.18. The van der Waals surface area contributed by atoms with Crippen LogP contribution in [-0.4, -0.2) is 18.6 Å². The fourth-order valence-corrected chi connectivity index (χ4v) is 1.69. The number of rotatable bonds is 2. The minimum Gasteiger partial charge on any atom is -0.493 e. The Morgan fingerprint density at radius 1 is 1.56 bits per heavy atom. The number of carbonyl (C=O) groups excluding carboxylic acids is 1. The van der Waals surface area contributed by atoms with E-state index in [1.54, 1.807) is 6.92 Å². The Morgan fingerprint density at radius 3 is 3.12 bits per heavy atom. The van der Waals surface area contributed by atoms with Gasteiger partial charge in [-0.15, -0.1) is 0 Å². The van der Waals surface area contributed by atoms with Gasteiger partial charge in [-0.05, 0) is 43.5 Å². The topological polar surface area (TPSA) is 64.4 Å². The summed E-state index contributed by atoms with van der Waals surface area (Å²) in [5.41, 5.74) is 7.42. The van der Waals surface area contributed by atoms with Crippen LogP contribution in [0.1, 0.15) is 18.9 Å². The van der Waals surface area contributed by atoms with Crippen molar-refractivity contribution in [2.45, 2.75) is 25.8 Å². The largest absolute Gasteiger partial charge is 0.493 e. The van der Waals surface area contributed by atoms with Gasteiger partial charge in [0.15, 0.2) is 0 Å². The highest BCUT2D eigenvalue weighted by Crippen LogP contribution is 2.27. The number of anilines is 1. The second kappa shape index (κ2) is 4.53. The number of benzene rings is 1. The molecule has 4 nitrogen and oxygen atoms in total. The van der Waals surface area contributed by atoms with Gasteiger partial charge in [0.2, 0.25) is 5.91 Å². The Kier molecular flexibility index (Phi) is 3.10. The monoisotopic (exact) mass is 220 g/mol. The fraction of sp³-hybridized carbons (Fsp3) is 0.417. The SMILES string of the molecule is C[C@H](N)C(=O)Nc1ccc2c(c1)CCCO2. The first-order valence-electron chi connectivity index (χ1n) is 5.49. The summed E-state index contributed by atoms with van der Waals surface area (Å²) in [7, 11) is 0. The summed E-state index contributed by atoms with van der Waals surface area (Å²) >= 11 is 0. The van der Waals surface area contributed by atoms with Crippen molar-refractivity contribution in [2.75, 3.05) is 11.9 Å². The van der Waals surface area contributed by atoms with Crippen LogP contribution in [0, 0.1) is 0 Å². The van der Waals surface area contributed by atoms with Gasteiger partial charge in [0, 0.05) is 5.69 Å². The van der Waals surface area contributed by atoms with E-state index in [-0.39, 0.29) is 5.91 Å². The van der Waals surface area contributed by atoms with Crippen LogP contribution in [0.3, 0.4) is 0 Å². The lowest BCUT2D eigenvalue weighted by Crippen LogP contribution is -2.32. The lowest BCUT2D eigenvalue weighted by atomic mass is 10.1. The summed E-state index contributed by atoms with van der Waals surface area (Å²) in [6.07, 6.45) is 2.02. The average molecular weight is 220 g/mol. The number of hydrogen-bond acceptors (Lipinski definition) is 3. The molecule has 1 aliphatic rings. The van der Waals surface area contributed by atoms with Gasteiger partial charge in [-0.2, -0.15) is 0 Å². The van der Waals surface area contributed by atoms with Crippen LogP contribution < -0.4 is 15.8 Å². The zero-order valence-corrected chi connectivity index (χ0v) is 9.32. The van der Waals surface area contributed by atoms with E-state index in [0.717, 1.165) is 36.4 Å². The number of carbonyl (C=O) groups is 1. The van der Waals surface area contributed by atoms with Gasteiger partial charge in [0.05, 0.1) is 12.6 Å². The molecule has 1 atom stereocenters. The van der Waals surface area contributed by atoms with Gasteiger partial charge in [-0.25, -0.2) is 0 Å². The number of hydrogen-bond donors (Lipinski definition) is 2. The highest BCUT2D eigenvalue weighted by molar-refractivity contribution is 5.94. The average Bonchev–Trinajstić information content (AvgIpc) is 2.28. The zero-order chi connectivity index (χ0) is 11.5. The number of nitrogens with two attached hydrogens (primary N) is 1. The summed E-state index contributed by atoms with van der Waals surface area (Å²) in [5, 5.41) is 2.77. The molecule has 86 valence electrons. The maximum atomic E-state index is 11.4. The Balaban J connectivity index is 2.14. The first-order valence-corrected chi connectivity index (χ1v) is 5.49. The molecule has 16 heavy (non-hydrogen) atoms. The molecular weight excluding hydrogens is 204 g/mol. The molecule has 0 saturated heterocycles. The quantitative estimate of drug-likeness (QED) is 0.789. The molecule has 1 heterocycles. The molecule has 1 amide bonds. The van der Waals surface area contributed by atoms with Gasteiger partial charge in [0.1, 0.15) is 5.75 Å². The molecule has 0 spiro atoms. The van der Waals surface area contributed by atoms with Gasteiger partial charge in [0.25, 0.3) is 0 Å². The second-order valence-electron chi connectivity index (χ2n) is 4.05. The number of amides is 1. The Labute approximate surface area is 94.8 Å². The number of aryl methyl sites for hydroxylation is 1. The number of nitrogens with one attached hydrogen (secondary N) is 1. The molecule has 0 radical (unpaired) electrons. The lowest BCUT2D eigenvalue weighted by molar-refractivity contribution is -0.117. The zero-order valence-electron chi connectivity index (χ0n) is 9.32. The van der Waals surface area contributed by atoms with Gasteiger partial charge in [-0.1, -0.05) is 0 Å². The van der Waals surface area contributed by atoms with Crippen LogP contribution in [0.4, 0.5) is 5.69 Å². The van der Waals surface area contributed by atoms with Gasteiger partial charge in [-0.3, -0.25) is 4.79 Å². The minimum absolute atomic E-state index is 0.170. The summed E-state index contributed by atoms with van der Waals surface area (Å²) in [6, 6.07) is 5.19. The third-order valence-electron chi connectivity index (χ3n) is 2.59. The maximum absolute atomic E-state index is 11.4. The van der Waals surface area contributed by atoms with E-state index in [1.807, 2.05) is 18.2 Å². The molecule has 0 fully saturated rings. The minimum atomic E-state index is -0.493. The molecule has 3 N–H and O–H groups in total. The normalized spacial score (nSPS) is 15.9. The predicted octanol–water partition coefficient (Wildman–Crippen LogP) is 1.30. The second-order valence-corrected chi connectivity index (χ2v) is 4.05. The van der Waals surface area contributed by atoms with Crippen molar-refractivity contribution < 1.29 is 9.53 Å². The number of ether oxygens (including phenoxy) is 1. The third kappa shape index (κ3) is 2.33. The summed E-state index contributed by atoms with van der Waals surface area (Å²) < 4.78 is 5.49. The Bertz CT molecular complexity index is 402. The van der Waals surface area contributed by atoms with Crippen molar-refractivity contribution in [3.63, 3.8) is 0 Å². The van der Waals surface area contributed by atoms with Gasteiger partial charge >= 0.3 is 0 Å². The molecule has 0 saturated carbocycles. The van der Waals surface area contributed by atoms with Crippen molar-refractivity contribution in [3.8, 4) is 5.75 Å². The van der Waals surface area contributed by atoms with E-state index < -0.39 is 6.04 Å². The molecule has 1 aromatic rings. The van der Waals surface area contributed by atoms with E-state index in [1.165, 1.54) is 0 Å². The first-order chi connectivity index (χ1) is 7.66. The van der Waals surface area contributed by atoms with E-state index in [9.17, 15) is 4.79 Å². The van der Waals surface area contributed by atoms with E-state index in [4.69, 9.17) is 10.5 Å². The predicted molar refractivity (Wildman–Crippen MR) is 62.5 cm³/mol. The van der Waals surface area contributed by atoms with Crippen LogP contribution in [0.5, 0.6) is 5.75 Å². The molecule has 1 aliphatic heterocycles. The highest BCUT2D eigenvalue weighted by atomic mass is 16.5. The smallest absolute Gasteiger partial charge is 0.240 e. The molecule has 2 rings (SSSR count). The standard InChI is InChI=1S/C12H16N2O2/c1-8(13)12(15)14-10-4-5-11-9(7-10)3-2-6-16-11/h4-5,7-8H,2-3,6,13H2,1H3,(H,14,15)/t8-/m0/s1. The Hall–Kier alpha value is -1.55. The molecular formula is C12H16N2O2. The van der Waals surface area contributed by atoms with Crippen LogP contribution in [0.25, 0.3) is 0 Å². The summed E-state index contributed by atoms with van der Waals surface area (Å²) in [5.74, 6) is 0.752. The van der Waals surface area contributed by atoms with Crippen molar-refractivity contribution >= 4 is 11.6 Å². The fourth-order valence-electron chi connectivity index (χ4n) is 1.69. The summed E-state index contributed by atoms with van der Waals surface area (Å²) in [6.45, 7) is 2.44. The molecule has 0 aromatic heterocycles. The molecule has 0 aliphatic carbocycles. The Morgan fingerprint density at radius 2 is 2.38 bits per heavy atom. The van der Waals surface area contributed by atoms with Crippen LogP contribution in [0.2, 0.25) is 0 Å². The number of fused-ring (bicyclic) bond motifs is 1. The third-order valence-corrected chi connectivity index (χ3v) is 2.59. The van der Waals surface area contributed by atoms with E-state index in [0.29, 0.717) is 0 Å². The van der Waals surface area contributed by atoms with Crippen LogP contribution in [-0.2, 0) is 11.2 Å². The highest BCUT2D eigenvalue weighted by Gasteiger charge is 2.12. The molecule has 4 heteroatoms. The summed E-state index contributed by atoms with van der Waals surface area (Å²) in [4.78, 5) is 11.4. The van der Waals surface area contributed by atoms with Crippen molar-refractivity contribution in [3.05, 3.63) is 23.8 Å². The van der Waals surface area contributed by atoms with Crippen LogP contribution in [0.15, 0.2) is 18.2 Å². The van der Waals surface area contributed by atoms with E-state index >= 15 is 0 Å². The van der Waals surface area contributed by atoms with Crippen molar-refractivity contribution in [2.24, 2.45) is 5.73 Å². The van der Waals surface area contributed by atoms with Crippen molar-refractivity contribution in [1.29, 1.82) is 0 Å². The van der Waals surface area contributed by atoms with Crippen molar-refractivity contribution in [1.82, 2.24) is 0 Å². The molecule has 1 aromatic carbocycles. The molecule has 0 bridgehead atoms. The van der Waals surface area contributed by atoms with Gasteiger partial charge < -0.3 is 15.8 Å². The maximum Gasteiger partial charge on any atom is 0.240 e. The van der Waals surface area contributed by atoms with E-state index in [2.05, 4.69) is 5.32 Å². The first kappa shape index (κ1) is 11.0. The van der Waals surface area contributed by atoms with Crippen LogP contribution >= 0.6 is 0 Å².